The number of amides is 1. The lowest BCUT2D eigenvalue weighted by molar-refractivity contribution is 0.145. The van der Waals surface area contributed by atoms with Gasteiger partial charge in [-0.1, -0.05) is 0 Å². The van der Waals surface area contributed by atoms with Crippen LogP contribution in [0.1, 0.15) is 12.1 Å². The molecule has 0 aliphatic rings. The fraction of sp³-hybridized carbons (Fsp3) is 0.143. The summed E-state index contributed by atoms with van der Waals surface area (Å²) >= 11 is 0. The van der Waals surface area contributed by atoms with Gasteiger partial charge in [0, 0.05) is 6.07 Å². The molecule has 1 heterocycles. The van der Waals surface area contributed by atoms with Gasteiger partial charge in [0.1, 0.15) is 5.69 Å². The van der Waals surface area contributed by atoms with Crippen molar-refractivity contribution in [3.05, 3.63) is 23.8 Å². The van der Waals surface area contributed by atoms with Crippen LogP contribution in [0.4, 0.5) is 23.7 Å². The Morgan fingerprint density at radius 1 is 1.50 bits per heavy atom. The van der Waals surface area contributed by atoms with Crippen molar-refractivity contribution in [3.8, 4) is 0 Å². The van der Waals surface area contributed by atoms with Crippen molar-refractivity contribution in [2.45, 2.75) is 6.43 Å². The Morgan fingerprint density at radius 2 is 2.14 bits per heavy atom. The molecular formula is C7H5F3N2O2. The lowest BCUT2D eigenvalue weighted by Crippen LogP contribution is -2.08. The average Bonchev–Trinajstić information content (AvgIpc) is 2.01. The highest BCUT2D eigenvalue weighted by molar-refractivity contribution is 5.82. The van der Waals surface area contributed by atoms with E-state index in [0.717, 1.165) is 6.07 Å². The van der Waals surface area contributed by atoms with Gasteiger partial charge in [-0.2, -0.15) is 4.39 Å². The molecule has 0 spiro atoms. The van der Waals surface area contributed by atoms with Crippen molar-refractivity contribution in [3.63, 3.8) is 0 Å². The fourth-order valence-electron chi connectivity index (χ4n) is 0.825. The topological polar surface area (TPSA) is 62.2 Å². The second-order valence-electron chi connectivity index (χ2n) is 2.33. The number of pyridine rings is 1. The van der Waals surface area contributed by atoms with E-state index < -0.39 is 24.2 Å². The number of nitrogens with one attached hydrogen (secondary N) is 1. The summed E-state index contributed by atoms with van der Waals surface area (Å²) in [6.45, 7) is 0. The van der Waals surface area contributed by atoms with Crippen LogP contribution in [0, 0.1) is 5.95 Å². The molecule has 0 radical (unpaired) electrons. The lowest BCUT2D eigenvalue weighted by Gasteiger charge is -2.03. The number of halogens is 3. The Balaban J connectivity index is 3.01. The normalized spacial score (nSPS) is 10.3. The number of aromatic nitrogens is 1. The van der Waals surface area contributed by atoms with Crippen LogP contribution in [0.3, 0.4) is 0 Å². The third-order valence-corrected chi connectivity index (χ3v) is 1.29. The van der Waals surface area contributed by atoms with Crippen LogP contribution in [-0.4, -0.2) is 16.2 Å². The fourth-order valence-corrected chi connectivity index (χ4v) is 0.825. The molecule has 0 saturated heterocycles. The van der Waals surface area contributed by atoms with Gasteiger partial charge < -0.3 is 5.11 Å². The quantitative estimate of drug-likeness (QED) is 0.729. The standard InChI is InChI=1S/C7H5F3N2O2/c8-5-2-3(11-7(13)14)1-4(12-5)6(9)10/h1-2,6H,(H,11,12)(H,13,14). The van der Waals surface area contributed by atoms with Gasteiger partial charge >= 0.3 is 6.09 Å². The van der Waals surface area contributed by atoms with Gasteiger partial charge in [-0.25, -0.2) is 18.6 Å². The molecule has 7 heteroatoms. The van der Waals surface area contributed by atoms with Gasteiger partial charge in [0.2, 0.25) is 5.95 Å². The Morgan fingerprint density at radius 3 is 2.64 bits per heavy atom. The third-order valence-electron chi connectivity index (χ3n) is 1.29. The van der Waals surface area contributed by atoms with Gasteiger partial charge in [-0.3, -0.25) is 5.32 Å². The van der Waals surface area contributed by atoms with E-state index in [2.05, 4.69) is 4.98 Å². The van der Waals surface area contributed by atoms with Crippen LogP contribution >= 0.6 is 0 Å². The first-order valence-corrected chi connectivity index (χ1v) is 3.44. The van der Waals surface area contributed by atoms with Crippen molar-refractivity contribution in [2.24, 2.45) is 0 Å². The van der Waals surface area contributed by atoms with E-state index in [9.17, 15) is 18.0 Å². The summed E-state index contributed by atoms with van der Waals surface area (Å²) in [7, 11) is 0. The summed E-state index contributed by atoms with van der Waals surface area (Å²) in [6, 6.07) is 1.47. The lowest BCUT2D eigenvalue weighted by atomic mass is 10.3. The first-order valence-electron chi connectivity index (χ1n) is 3.44. The largest absolute Gasteiger partial charge is 0.465 e. The van der Waals surface area contributed by atoms with Gasteiger partial charge in [0.05, 0.1) is 5.69 Å². The highest BCUT2D eigenvalue weighted by Crippen LogP contribution is 2.20. The maximum Gasteiger partial charge on any atom is 0.409 e. The van der Waals surface area contributed by atoms with Crippen LogP contribution in [-0.2, 0) is 0 Å². The number of anilines is 1. The maximum absolute atomic E-state index is 12.6. The minimum Gasteiger partial charge on any atom is -0.465 e. The predicted octanol–water partition coefficient (Wildman–Crippen LogP) is 2.25. The van der Waals surface area contributed by atoms with E-state index in [1.807, 2.05) is 0 Å². The number of hydrogen-bond acceptors (Lipinski definition) is 2. The number of hydrogen-bond donors (Lipinski definition) is 2. The molecule has 0 aliphatic heterocycles. The molecular weight excluding hydrogens is 201 g/mol. The van der Waals surface area contributed by atoms with Crippen LogP contribution in [0.15, 0.2) is 12.1 Å². The molecule has 4 nitrogen and oxygen atoms in total. The van der Waals surface area contributed by atoms with Crippen LogP contribution in [0.25, 0.3) is 0 Å². The summed E-state index contributed by atoms with van der Waals surface area (Å²) < 4.78 is 36.7. The first kappa shape index (κ1) is 10.3. The third kappa shape index (κ3) is 2.61. The molecule has 1 amide bonds. The van der Waals surface area contributed by atoms with Crippen molar-refractivity contribution in [1.82, 2.24) is 4.98 Å². The molecule has 0 fully saturated rings. The minimum atomic E-state index is -2.94. The van der Waals surface area contributed by atoms with E-state index in [0.29, 0.717) is 6.07 Å². The van der Waals surface area contributed by atoms with Gasteiger partial charge in [-0.15, -0.1) is 0 Å². The molecule has 0 atom stereocenters. The van der Waals surface area contributed by atoms with E-state index in [-0.39, 0.29) is 5.69 Å². The monoisotopic (exact) mass is 206 g/mol. The predicted molar refractivity (Wildman–Crippen MR) is 40.8 cm³/mol. The Labute approximate surface area is 76.4 Å². The molecule has 1 aromatic heterocycles. The molecule has 0 saturated carbocycles. The van der Waals surface area contributed by atoms with E-state index in [4.69, 9.17) is 5.11 Å². The average molecular weight is 206 g/mol. The molecule has 0 aromatic carbocycles. The number of carbonyl (C=O) groups is 1. The van der Waals surface area contributed by atoms with Crippen LogP contribution in [0.5, 0.6) is 0 Å². The van der Waals surface area contributed by atoms with Crippen molar-refractivity contribution in [2.75, 3.05) is 5.32 Å². The van der Waals surface area contributed by atoms with Gasteiger partial charge in [0.15, 0.2) is 0 Å². The van der Waals surface area contributed by atoms with Crippen molar-refractivity contribution < 1.29 is 23.1 Å². The van der Waals surface area contributed by atoms with E-state index in [1.54, 1.807) is 5.32 Å². The van der Waals surface area contributed by atoms with Gasteiger partial charge in [-0.05, 0) is 6.07 Å². The summed E-state index contributed by atoms with van der Waals surface area (Å²) in [5.41, 5.74) is -1.09. The highest BCUT2D eigenvalue weighted by Gasteiger charge is 2.12. The maximum atomic E-state index is 12.6. The molecule has 0 aliphatic carbocycles. The van der Waals surface area contributed by atoms with Gasteiger partial charge in [0.25, 0.3) is 6.43 Å². The zero-order chi connectivity index (χ0) is 10.7. The number of nitrogens with zero attached hydrogens (tertiary/aromatic N) is 1. The van der Waals surface area contributed by atoms with E-state index in [1.165, 1.54) is 0 Å². The smallest absolute Gasteiger partial charge is 0.409 e. The molecule has 76 valence electrons. The summed E-state index contributed by atoms with van der Waals surface area (Å²) in [5.74, 6) is -1.16. The number of alkyl halides is 2. The SMILES string of the molecule is O=C(O)Nc1cc(F)nc(C(F)F)c1. The van der Waals surface area contributed by atoms with Crippen molar-refractivity contribution >= 4 is 11.8 Å². The van der Waals surface area contributed by atoms with Crippen LogP contribution in [0.2, 0.25) is 0 Å². The summed E-state index contributed by atoms with van der Waals surface area (Å²) in [5, 5.41) is 9.99. The highest BCUT2D eigenvalue weighted by atomic mass is 19.3. The minimum absolute atomic E-state index is 0.277. The summed E-state index contributed by atoms with van der Waals surface area (Å²) in [6.07, 6.45) is -4.41. The second kappa shape index (κ2) is 3.95. The molecule has 2 N–H and O–H groups in total. The Bertz CT molecular complexity index is 357. The Kier molecular flexibility index (Phi) is 2.90. The zero-order valence-corrected chi connectivity index (χ0v) is 6.67. The number of rotatable bonds is 2. The van der Waals surface area contributed by atoms with Crippen molar-refractivity contribution in [1.29, 1.82) is 0 Å². The first-order chi connectivity index (χ1) is 6.49. The molecule has 0 unspecified atom stereocenters. The molecule has 0 bridgehead atoms. The second-order valence-corrected chi connectivity index (χ2v) is 2.33. The molecule has 1 rings (SSSR count). The van der Waals surface area contributed by atoms with E-state index >= 15 is 0 Å². The molecule has 1 aromatic rings. The zero-order valence-electron chi connectivity index (χ0n) is 6.67. The molecule has 14 heavy (non-hydrogen) atoms. The number of carboxylic acid groups (broad SMARTS) is 1. The summed E-state index contributed by atoms with van der Waals surface area (Å²) in [4.78, 5) is 13.0. The van der Waals surface area contributed by atoms with Crippen LogP contribution < -0.4 is 5.32 Å². The Hall–Kier alpha value is -1.79.